The van der Waals surface area contributed by atoms with Gasteiger partial charge in [0.2, 0.25) is 82.7 Å². The maximum atomic E-state index is 15.4. The molecule has 0 aliphatic carbocycles. The fourth-order valence-electron chi connectivity index (χ4n) is 16.9. The highest BCUT2D eigenvalue weighted by Gasteiger charge is 2.53. The molecule has 12 amide bonds. The number of methoxy groups -OCH3 is 2. The number of aromatic hydroxyl groups is 1. The Balaban J connectivity index is 0.945. The van der Waals surface area contributed by atoms with E-state index in [1.54, 1.807) is 101 Å². The lowest BCUT2D eigenvalue weighted by Crippen LogP contribution is -2.61. The van der Waals surface area contributed by atoms with Gasteiger partial charge in [-0.25, -0.2) is 24.5 Å². The fraction of sp³-hybridized carbons (Fsp3) is 0.466. The molecule has 2 aromatic carbocycles. The number of carbonyl (C=O) groups excluding carboxylic acids is 16. The van der Waals surface area contributed by atoms with Gasteiger partial charge in [-0.3, -0.25) is 72.4 Å². The van der Waals surface area contributed by atoms with Crippen molar-refractivity contribution in [3.63, 3.8) is 0 Å². The molecule has 47 heteroatoms. The van der Waals surface area contributed by atoms with Crippen molar-refractivity contribution in [1.29, 1.82) is 0 Å². The Morgan fingerprint density at radius 2 is 1.21 bits per heavy atom. The van der Waals surface area contributed by atoms with Crippen LogP contribution in [-0.4, -0.2) is 283 Å². The van der Waals surface area contributed by atoms with E-state index in [0.29, 0.717) is 34.1 Å². The number of rotatable bonds is 50. The van der Waals surface area contributed by atoms with Crippen molar-refractivity contribution < 1.29 is 130 Å². The molecule has 47 nitrogen and oxygen atoms in total. The summed E-state index contributed by atoms with van der Waals surface area (Å²) in [6.45, 7) is 7.97. The molecule has 3 aliphatic rings. The van der Waals surface area contributed by atoms with Crippen LogP contribution in [0.1, 0.15) is 181 Å². The number of aliphatic hydroxyl groups is 3. The monoisotopic (exact) mass is 2080 g/mol. The third kappa shape index (κ3) is 35.1. The van der Waals surface area contributed by atoms with Crippen LogP contribution >= 0.6 is 0 Å². The molecule has 150 heavy (non-hydrogen) atoms. The fourth-order valence-corrected chi connectivity index (χ4v) is 16.9. The van der Waals surface area contributed by atoms with E-state index >= 15 is 14.4 Å². The van der Waals surface area contributed by atoms with Crippen molar-refractivity contribution in [3.05, 3.63) is 205 Å². The van der Waals surface area contributed by atoms with E-state index in [-0.39, 0.29) is 144 Å². The van der Waals surface area contributed by atoms with Crippen LogP contribution in [0.2, 0.25) is 0 Å². The molecular weight excluding hydrogens is 1950 g/mol. The number of para-hydroxylation sites is 1. The molecule has 7 unspecified atom stereocenters. The molecule has 2 saturated heterocycles. The van der Waals surface area contributed by atoms with Gasteiger partial charge in [-0.05, 0) is 133 Å². The number of primary amides is 1. The lowest BCUT2D eigenvalue weighted by Gasteiger charge is -2.41. The Morgan fingerprint density at radius 1 is 0.633 bits per heavy atom. The van der Waals surface area contributed by atoms with Crippen LogP contribution in [0.25, 0.3) is 23.1 Å². The Labute approximate surface area is 865 Å². The number of benzene rings is 2. The second-order valence-corrected chi connectivity index (χ2v) is 36.8. The Kier molecular flexibility index (Phi) is 46.4. The van der Waals surface area contributed by atoms with Gasteiger partial charge in [-0.2, -0.15) is 0 Å². The largest absolute Gasteiger partial charge is 0.508 e. The molecule has 6 aromatic rings. The second kappa shape index (κ2) is 58.9. The number of aromatic amines is 2. The molecular formula is C103H136N20O27. The van der Waals surface area contributed by atoms with E-state index in [1.807, 2.05) is 0 Å². The molecule has 16 atom stereocenters. The Morgan fingerprint density at radius 3 is 1.81 bits per heavy atom. The van der Waals surface area contributed by atoms with Crippen molar-refractivity contribution in [3.8, 4) is 5.75 Å². The quantitative estimate of drug-likeness (QED) is 0.00848. The topological polar surface area (TPSA) is 710 Å². The molecule has 7 heterocycles. The van der Waals surface area contributed by atoms with E-state index < -0.39 is 223 Å². The highest BCUT2D eigenvalue weighted by molar-refractivity contribution is 6.00. The van der Waals surface area contributed by atoms with Gasteiger partial charge < -0.3 is 138 Å². The lowest BCUT2D eigenvalue weighted by molar-refractivity contribution is -0.214. The number of hydrogen-bond acceptors (Lipinski definition) is 33. The normalized spacial score (nSPS) is 19.8. The van der Waals surface area contributed by atoms with Crippen LogP contribution in [0.15, 0.2) is 174 Å². The van der Waals surface area contributed by atoms with Crippen LogP contribution in [0, 0.1) is 16.7 Å². The molecule has 0 saturated carbocycles. The van der Waals surface area contributed by atoms with Gasteiger partial charge in [0, 0.05) is 106 Å². The molecule has 0 radical (unpaired) electrons. The number of nitrogens with zero attached hydrogens (tertiary/aromatic N) is 4. The van der Waals surface area contributed by atoms with Gasteiger partial charge in [0.25, 0.3) is 0 Å². The van der Waals surface area contributed by atoms with Crippen molar-refractivity contribution in [1.82, 2.24) is 88.3 Å². The number of aliphatic hydroxyl groups excluding tert-OH is 3. The lowest BCUT2D eigenvalue weighted by atomic mass is 9.76. The average Bonchev–Trinajstić information content (AvgIpc) is 0.964. The number of cyclic esters (lactones) is 2. The van der Waals surface area contributed by atoms with E-state index in [9.17, 15) is 82.8 Å². The Bertz CT molecular complexity index is 5860. The van der Waals surface area contributed by atoms with Crippen LogP contribution in [-0.2, 0) is 110 Å². The summed E-state index contributed by atoms with van der Waals surface area (Å²) in [5, 5.41) is 73.9. The number of oxazole rings is 2. The minimum absolute atomic E-state index is 0.0244. The molecule has 4 aromatic heterocycles. The third-order valence-corrected chi connectivity index (χ3v) is 25.2. The first-order chi connectivity index (χ1) is 71.8. The van der Waals surface area contributed by atoms with Crippen LogP contribution in [0.3, 0.4) is 0 Å². The van der Waals surface area contributed by atoms with Gasteiger partial charge in [-0.1, -0.05) is 123 Å². The third-order valence-electron chi connectivity index (χ3n) is 25.2. The summed E-state index contributed by atoms with van der Waals surface area (Å²) < 4.78 is 39.8. The number of phenols is 1. The summed E-state index contributed by atoms with van der Waals surface area (Å²) in [6, 6.07) is -0.738. The molecule has 3 aliphatic heterocycles. The van der Waals surface area contributed by atoms with Crippen LogP contribution in [0.4, 0.5) is 0 Å². The molecule has 4 bridgehead atoms. The van der Waals surface area contributed by atoms with Crippen molar-refractivity contribution in [2.75, 3.05) is 47.0 Å². The average molecular weight is 2090 g/mol. The van der Waals surface area contributed by atoms with Gasteiger partial charge in [-0.15, -0.1) is 0 Å². The standard InChI is InChI=1S/C103H136N20O27/c1-9-27-78(126)102(5,99(142)144-7)80-34-17-13-11-15-19-37-86-115-76(58-147-86)98(141)150-81(35-18-14-12-16-20-36-85-114-75(57-146-85)97(140)149-80)103(6,100(143)145-8)79(28-10-2)148-87(130)45-44-83(128)108-46-24-23-31-67(88(131)118-70(49-60(3)4)90(133)117-69(32-25-47-109-101(105)106)96(139)123-48-26-33-77(123)95(138)111-55-82(104)127)116-91(134)71(50-61-38-40-64(125)41-39-61)119-94(137)74(56-124)122-92(135)72(51-62-53-110-66-30-22-21-29-65(62)66)120-93(136)73(52-63-54-107-59-112-63)121-89(132)68-42-43-84(129)113-68/h9-22,27-30,36-41,53-54,57-60,67-74,77-81,99,101,109-110,124-126,142H,23-26,31-35,42-52,55-56,105-106H2,1-8H3,(H2,104,127)(H,107,112)(H,108,128)(H,111,138)(H,113,129)(H,116,134)(H,117,133)(H,118,131)(H,119,137)(H,120,136)(H,121,132)(H,122,135)/b15-11+,16-12+,17-13-,18-14-,27-9+,28-10+,36-20+,37-19+/t67-,68-,69-,70-,71-,72-,73-,74-,77-,78?,79?,80?,81?,99?,102?,103?/m0/s1. The number of H-pyrrole nitrogens is 2. The summed E-state index contributed by atoms with van der Waals surface area (Å²) in [5.41, 5.74) is 14.4. The predicted octanol–water partition coefficient (Wildman–Crippen LogP) is 1.61. The predicted molar refractivity (Wildman–Crippen MR) is 542 cm³/mol. The minimum atomic E-state index is -2.09. The number of imidazole rings is 1. The van der Waals surface area contributed by atoms with E-state index in [2.05, 4.69) is 83.4 Å². The number of fused-ring (bicyclic) bond motifs is 5. The van der Waals surface area contributed by atoms with Gasteiger partial charge in [0.05, 0.1) is 44.5 Å². The van der Waals surface area contributed by atoms with Crippen molar-refractivity contribution >= 4 is 118 Å². The number of carbonyl (C=O) groups is 16. The number of esters is 4. The first kappa shape index (κ1) is 118. The Hall–Kier alpha value is -15.4. The van der Waals surface area contributed by atoms with Crippen molar-refractivity contribution in [2.45, 2.75) is 242 Å². The summed E-state index contributed by atoms with van der Waals surface area (Å²) in [7, 11) is 2.30. The first-order valence-electron chi connectivity index (χ1n) is 49.3. The number of nitrogens with one attached hydrogen (secondary N) is 13. The molecule has 9 rings (SSSR count). The number of hydrogen-bond donors (Lipinski definition) is 20. The van der Waals surface area contributed by atoms with Crippen LogP contribution < -0.4 is 75.7 Å². The number of phenolic OH excluding ortho intramolecular Hbond substituents is 1. The summed E-state index contributed by atoms with van der Waals surface area (Å²) >= 11 is 0. The SMILES string of the molecule is C/C=C/C(OC(=O)CCC(=O)NCCCC[C@H](NC(=O)[C@H](Cc1ccc(O)cc1)NC(=O)[C@H](CO)NC(=O)[C@H](Cc1c[nH]c2ccccc12)NC(=O)[C@H](Cc1cnc[nH]1)NC(=O)[C@@H]1CCC(=O)N1)C(=O)N[C@@H](CC(C)C)C(=O)N[C@@H](CCCNC(N)N)C(=O)N1CCC[C@H]1C(=O)NCC(N)=O)C(C)(C(=O)OC)C1C\C=C/C=C/C=C/c2nc(co2)C(=O)OC(C(C)(C(O)/C=C/C)C(O)OC)C\C=C/C=C/C=C/c2nc(co2)C(=O)O1. The van der Waals surface area contributed by atoms with Crippen LogP contribution in [0.5, 0.6) is 5.75 Å². The highest BCUT2D eigenvalue weighted by atomic mass is 16.6. The zero-order valence-electron chi connectivity index (χ0n) is 84.7. The smallest absolute Gasteiger partial charge is 0.360 e. The molecule has 2 fully saturated rings. The summed E-state index contributed by atoms with van der Waals surface area (Å²) in [6.07, 6.45) is 20.6. The van der Waals surface area contributed by atoms with E-state index in [1.165, 1.54) is 117 Å². The summed E-state index contributed by atoms with van der Waals surface area (Å²) in [5.74, 6) is -14.7. The number of ether oxygens (including phenoxy) is 5. The summed E-state index contributed by atoms with van der Waals surface area (Å²) in [4.78, 5) is 247. The highest BCUT2D eigenvalue weighted by Crippen LogP contribution is 2.39. The zero-order chi connectivity index (χ0) is 109. The van der Waals surface area contributed by atoms with E-state index in [0.717, 1.165) is 19.6 Å². The number of aromatic nitrogens is 5. The van der Waals surface area contributed by atoms with Gasteiger partial charge in [0.1, 0.15) is 103 Å². The zero-order valence-corrected chi connectivity index (χ0v) is 84.7. The van der Waals surface area contributed by atoms with E-state index in [4.69, 9.17) is 49.7 Å². The van der Waals surface area contributed by atoms with Crippen molar-refractivity contribution in [2.24, 2.45) is 33.9 Å². The van der Waals surface area contributed by atoms with Gasteiger partial charge in [0.15, 0.2) is 17.7 Å². The first-order valence-corrected chi connectivity index (χ1v) is 49.3. The number of allylic oxidation sites excluding steroid dienone is 10. The maximum Gasteiger partial charge on any atom is 0.360 e. The molecule has 810 valence electrons. The second-order valence-electron chi connectivity index (χ2n) is 36.8. The molecule has 23 N–H and O–H groups in total. The minimum Gasteiger partial charge on any atom is -0.508 e. The molecule has 0 spiro atoms. The maximum absolute atomic E-state index is 15.4. The van der Waals surface area contributed by atoms with Gasteiger partial charge >= 0.3 is 23.9 Å². The number of unbranched alkanes of at least 4 members (excludes halogenated alkanes) is 1. The number of likely N-dealkylation sites (tertiary alicyclic amines) is 1. The number of nitrogens with two attached hydrogens (primary N) is 3. The number of amides is 12.